The number of hydrogen-bond donors (Lipinski definition) is 1. The quantitative estimate of drug-likeness (QED) is 0.707. The molecule has 2 aliphatic rings. The molecule has 146 valence electrons. The minimum atomic E-state index is 0.479. The highest BCUT2D eigenvalue weighted by Crippen LogP contribution is 2.40. The summed E-state index contributed by atoms with van der Waals surface area (Å²) in [6, 6.07) is 4.61. The van der Waals surface area contributed by atoms with Gasteiger partial charge in [0.05, 0.1) is 12.9 Å². The summed E-state index contributed by atoms with van der Waals surface area (Å²) >= 11 is 0. The van der Waals surface area contributed by atoms with Gasteiger partial charge in [0.1, 0.15) is 11.6 Å². The minimum Gasteiger partial charge on any atom is -0.383 e. The number of anilines is 1. The lowest BCUT2D eigenvalue weighted by Gasteiger charge is -2.31. The zero-order valence-electron chi connectivity index (χ0n) is 16.0. The van der Waals surface area contributed by atoms with Crippen molar-refractivity contribution in [2.45, 2.75) is 50.7 Å². The number of nitrogen functional groups attached to an aromatic ring is 1. The van der Waals surface area contributed by atoms with Crippen LogP contribution in [-0.4, -0.2) is 47.3 Å². The first-order chi connectivity index (χ1) is 13.8. The third kappa shape index (κ3) is 3.52. The Labute approximate surface area is 164 Å². The predicted molar refractivity (Wildman–Crippen MR) is 106 cm³/mol. The number of rotatable bonds is 6. The fourth-order valence-corrected chi connectivity index (χ4v) is 4.17. The molecule has 28 heavy (non-hydrogen) atoms. The largest absolute Gasteiger partial charge is 0.383 e. The van der Waals surface area contributed by atoms with Crippen LogP contribution in [0.1, 0.15) is 54.9 Å². The van der Waals surface area contributed by atoms with Gasteiger partial charge in [0.2, 0.25) is 0 Å². The molecule has 8 nitrogen and oxygen atoms in total. The summed E-state index contributed by atoms with van der Waals surface area (Å²) in [5.74, 6) is 3.36. The molecular formula is C20H26N8. The molecule has 2 N–H and O–H groups in total. The Balaban J connectivity index is 1.27. The number of nitrogens with zero attached hydrogens (tertiary/aromatic N) is 7. The molecule has 5 rings (SSSR count). The molecular weight excluding hydrogens is 352 g/mol. The predicted octanol–water partition coefficient (Wildman–Crippen LogP) is 2.21. The number of pyridine rings is 1. The van der Waals surface area contributed by atoms with Crippen LogP contribution in [0.4, 0.5) is 5.82 Å². The lowest BCUT2D eigenvalue weighted by Crippen LogP contribution is -2.33. The third-order valence-electron chi connectivity index (χ3n) is 5.86. The van der Waals surface area contributed by atoms with E-state index < -0.39 is 0 Å². The molecule has 0 bridgehead atoms. The normalized spacial score (nSPS) is 18.6. The van der Waals surface area contributed by atoms with Crippen molar-refractivity contribution in [2.75, 3.05) is 18.8 Å². The maximum Gasteiger partial charge on any atom is 0.153 e. The van der Waals surface area contributed by atoms with E-state index in [-0.39, 0.29) is 0 Å². The fraction of sp³-hybridized carbons (Fsp3) is 0.500. The monoisotopic (exact) mass is 378 g/mol. The molecule has 0 spiro atoms. The first-order valence-electron chi connectivity index (χ1n) is 10.1. The van der Waals surface area contributed by atoms with Crippen molar-refractivity contribution in [3.63, 3.8) is 0 Å². The SMILES string of the molecule is Nc1ncccc1CN1CCC(c2nnc(Cn3ccnc3)n2C2CC2)CC1. The summed E-state index contributed by atoms with van der Waals surface area (Å²) in [4.78, 5) is 10.8. The Morgan fingerprint density at radius 2 is 1.89 bits per heavy atom. The van der Waals surface area contributed by atoms with Crippen molar-refractivity contribution in [3.8, 4) is 0 Å². The van der Waals surface area contributed by atoms with Crippen LogP contribution in [0.3, 0.4) is 0 Å². The molecule has 1 aliphatic heterocycles. The second-order valence-corrected chi connectivity index (χ2v) is 7.91. The highest BCUT2D eigenvalue weighted by atomic mass is 15.3. The number of imidazole rings is 1. The molecule has 1 aliphatic carbocycles. The van der Waals surface area contributed by atoms with Crippen molar-refractivity contribution in [1.29, 1.82) is 0 Å². The van der Waals surface area contributed by atoms with E-state index in [1.54, 1.807) is 6.20 Å². The van der Waals surface area contributed by atoms with Crippen LogP contribution in [0.25, 0.3) is 0 Å². The highest BCUT2D eigenvalue weighted by Gasteiger charge is 2.33. The lowest BCUT2D eigenvalue weighted by molar-refractivity contribution is 0.200. The van der Waals surface area contributed by atoms with E-state index in [0.717, 1.165) is 50.4 Å². The van der Waals surface area contributed by atoms with Crippen LogP contribution in [0.15, 0.2) is 37.1 Å². The summed E-state index contributed by atoms with van der Waals surface area (Å²) in [5, 5.41) is 9.19. The third-order valence-corrected chi connectivity index (χ3v) is 5.86. The van der Waals surface area contributed by atoms with Gasteiger partial charge in [-0.3, -0.25) is 4.90 Å². The number of nitrogens with two attached hydrogens (primary N) is 1. The molecule has 4 heterocycles. The first kappa shape index (κ1) is 17.4. The first-order valence-corrected chi connectivity index (χ1v) is 10.1. The van der Waals surface area contributed by atoms with E-state index in [1.807, 2.05) is 24.8 Å². The Bertz CT molecular complexity index is 920. The van der Waals surface area contributed by atoms with E-state index >= 15 is 0 Å². The summed E-state index contributed by atoms with van der Waals surface area (Å²) < 4.78 is 4.48. The average molecular weight is 378 g/mol. The molecule has 1 saturated carbocycles. The van der Waals surface area contributed by atoms with E-state index in [1.165, 1.54) is 18.7 Å². The molecule has 3 aromatic heterocycles. The number of likely N-dealkylation sites (tertiary alicyclic amines) is 1. The Hall–Kier alpha value is -2.74. The molecule has 3 aromatic rings. The van der Waals surface area contributed by atoms with Crippen molar-refractivity contribution in [3.05, 3.63) is 54.3 Å². The van der Waals surface area contributed by atoms with Crippen molar-refractivity contribution in [2.24, 2.45) is 0 Å². The van der Waals surface area contributed by atoms with E-state index in [4.69, 9.17) is 5.73 Å². The summed E-state index contributed by atoms with van der Waals surface area (Å²) in [5.41, 5.74) is 7.12. The number of piperidine rings is 1. The number of aromatic nitrogens is 6. The van der Waals surface area contributed by atoms with Gasteiger partial charge >= 0.3 is 0 Å². The van der Waals surface area contributed by atoms with Crippen LogP contribution in [0, 0.1) is 0 Å². The van der Waals surface area contributed by atoms with Gasteiger partial charge < -0.3 is 14.9 Å². The van der Waals surface area contributed by atoms with Gasteiger partial charge in [-0.25, -0.2) is 9.97 Å². The molecule has 1 saturated heterocycles. The summed E-state index contributed by atoms with van der Waals surface area (Å²) in [7, 11) is 0. The van der Waals surface area contributed by atoms with Crippen LogP contribution in [0.2, 0.25) is 0 Å². The molecule has 0 amide bonds. The van der Waals surface area contributed by atoms with Crippen molar-refractivity contribution < 1.29 is 0 Å². The van der Waals surface area contributed by atoms with E-state index in [0.29, 0.717) is 17.8 Å². The average Bonchev–Trinajstić information content (AvgIpc) is 3.26. The van der Waals surface area contributed by atoms with Crippen LogP contribution in [-0.2, 0) is 13.1 Å². The van der Waals surface area contributed by atoms with Crippen LogP contribution >= 0.6 is 0 Å². The summed E-state index contributed by atoms with van der Waals surface area (Å²) in [6.07, 6.45) is 12.1. The molecule has 0 aromatic carbocycles. The maximum absolute atomic E-state index is 6.01. The van der Waals surface area contributed by atoms with Gasteiger partial charge in [0.25, 0.3) is 0 Å². The molecule has 0 radical (unpaired) electrons. The van der Waals surface area contributed by atoms with Crippen molar-refractivity contribution in [1.82, 2.24) is 34.2 Å². The molecule has 2 fully saturated rings. The topological polar surface area (TPSA) is 90.7 Å². The maximum atomic E-state index is 6.01. The second-order valence-electron chi connectivity index (χ2n) is 7.91. The van der Waals surface area contributed by atoms with Gasteiger partial charge in [-0.05, 0) is 44.8 Å². The lowest BCUT2D eigenvalue weighted by atomic mass is 9.95. The van der Waals surface area contributed by atoms with Gasteiger partial charge in [-0.15, -0.1) is 10.2 Å². The Morgan fingerprint density at radius 3 is 2.61 bits per heavy atom. The van der Waals surface area contributed by atoms with Gasteiger partial charge in [-0.1, -0.05) is 6.07 Å². The van der Waals surface area contributed by atoms with Crippen LogP contribution < -0.4 is 5.73 Å². The zero-order valence-corrected chi connectivity index (χ0v) is 16.0. The molecule has 8 heteroatoms. The van der Waals surface area contributed by atoms with Gasteiger partial charge in [-0.2, -0.15) is 0 Å². The van der Waals surface area contributed by atoms with E-state index in [9.17, 15) is 0 Å². The highest BCUT2D eigenvalue weighted by molar-refractivity contribution is 5.38. The Kier molecular flexibility index (Phi) is 4.56. The smallest absolute Gasteiger partial charge is 0.153 e. The van der Waals surface area contributed by atoms with Gasteiger partial charge in [0.15, 0.2) is 5.82 Å². The Morgan fingerprint density at radius 1 is 1.04 bits per heavy atom. The fourth-order valence-electron chi connectivity index (χ4n) is 4.17. The van der Waals surface area contributed by atoms with Crippen molar-refractivity contribution >= 4 is 5.82 Å². The zero-order chi connectivity index (χ0) is 18.9. The standard InChI is InChI=1S/C20H26N8/c21-19-16(2-1-7-23-19)12-26-9-5-15(6-10-26)20-25-24-18(28(20)17-3-4-17)13-27-11-8-22-14-27/h1-2,7-8,11,14-15,17H,3-6,9-10,12-13H2,(H2,21,23). The molecule has 0 unspecified atom stereocenters. The second kappa shape index (κ2) is 7.35. The summed E-state index contributed by atoms with van der Waals surface area (Å²) in [6.45, 7) is 3.71. The minimum absolute atomic E-state index is 0.479. The van der Waals surface area contributed by atoms with E-state index in [2.05, 4.69) is 40.3 Å². The number of hydrogen-bond acceptors (Lipinski definition) is 6. The van der Waals surface area contributed by atoms with Crippen LogP contribution in [0.5, 0.6) is 0 Å². The van der Waals surface area contributed by atoms with Gasteiger partial charge in [0, 0.05) is 42.7 Å². The molecule has 0 atom stereocenters.